The van der Waals surface area contributed by atoms with Crippen molar-refractivity contribution >= 4 is 15.9 Å². The van der Waals surface area contributed by atoms with E-state index in [2.05, 4.69) is 28.2 Å². The Bertz CT molecular complexity index is 608. The molecule has 4 heteroatoms. The van der Waals surface area contributed by atoms with Gasteiger partial charge in [-0.2, -0.15) is 0 Å². The fraction of sp³-hybridized carbons (Fsp3) is 0.294. The number of benzene rings is 2. The van der Waals surface area contributed by atoms with Crippen molar-refractivity contribution in [3.05, 3.63) is 69.2 Å². The number of rotatable bonds is 5. The Balaban J connectivity index is 2.46. The van der Waals surface area contributed by atoms with E-state index < -0.39 is 0 Å². The van der Waals surface area contributed by atoms with Crippen LogP contribution in [0.15, 0.2) is 40.9 Å². The minimum Gasteiger partial charge on any atom is -0.306 e. The van der Waals surface area contributed by atoms with E-state index >= 15 is 0 Å². The van der Waals surface area contributed by atoms with Crippen LogP contribution in [0.4, 0.5) is 8.78 Å². The number of hydrogen-bond acceptors (Lipinski definition) is 1. The molecule has 0 heterocycles. The predicted octanol–water partition coefficient (Wildman–Crippen LogP) is 5.12. The molecule has 1 atom stereocenters. The first-order chi connectivity index (χ1) is 10.0. The first-order valence-electron chi connectivity index (χ1n) is 6.96. The Hall–Kier alpha value is -1.26. The maximum atomic E-state index is 13.7. The van der Waals surface area contributed by atoms with Crippen molar-refractivity contribution in [2.24, 2.45) is 0 Å². The minimum absolute atomic E-state index is 0.172. The Morgan fingerprint density at radius 1 is 1.10 bits per heavy atom. The molecule has 21 heavy (non-hydrogen) atoms. The summed E-state index contributed by atoms with van der Waals surface area (Å²) in [7, 11) is 0. The van der Waals surface area contributed by atoms with E-state index in [1.807, 2.05) is 13.0 Å². The Kier molecular flexibility index (Phi) is 5.48. The molecule has 0 bridgehead atoms. The third kappa shape index (κ3) is 4.11. The molecule has 0 aliphatic carbocycles. The summed E-state index contributed by atoms with van der Waals surface area (Å²) in [6.45, 7) is 4.73. The molecule has 0 aliphatic heterocycles. The van der Waals surface area contributed by atoms with Gasteiger partial charge in [0.05, 0.1) is 6.04 Å². The highest BCUT2D eigenvalue weighted by molar-refractivity contribution is 9.10. The van der Waals surface area contributed by atoms with Gasteiger partial charge in [0.2, 0.25) is 0 Å². The highest BCUT2D eigenvalue weighted by atomic mass is 79.9. The number of aryl methyl sites for hydroxylation is 1. The molecule has 2 aromatic rings. The molecule has 0 saturated heterocycles. The van der Waals surface area contributed by atoms with Gasteiger partial charge in [0.25, 0.3) is 0 Å². The zero-order chi connectivity index (χ0) is 15.4. The van der Waals surface area contributed by atoms with Crippen LogP contribution in [0.5, 0.6) is 0 Å². The molecular weight excluding hydrogens is 336 g/mol. The van der Waals surface area contributed by atoms with Gasteiger partial charge in [-0.3, -0.25) is 0 Å². The van der Waals surface area contributed by atoms with Gasteiger partial charge >= 0.3 is 0 Å². The first kappa shape index (κ1) is 16.1. The summed E-state index contributed by atoms with van der Waals surface area (Å²) in [5, 5.41) is 3.40. The van der Waals surface area contributed by atoms with Gasteiger partial charge in [-0.25, -0.2) is 8.78 Å². The Morgan fingerprint density at radius 2 is 1.86 bits per heavy atom. The van der Waals surface area contributed by atoms with Gasteiger partial charge in [0, 0.05) is 4.47 Å². The summed E-state index contributed by atoms with van der Waals surface area (Å²) in [6.07, 6.45) is 0.962. The van der Waals surface area contributed by atoms with Gasteiger partial charge in [-0.15, -0.1) is 0 Å². The molecule has 2 rings (SSSR count). The van der Waals surface area contributed by atoms with Crippen LogP contribution in [0.25, 0.3) is 0 Å². The van der Waals surface area contributed by atoms with Crippen molar-refractivity contribution in [3.8, 4) is 0 Å². The molecule has 2 aromatic carbocycles. The van der Waals surface area contributed by atoms with Gasteiger partial charge in [0.15, 0.2) is 0 Å². The topological polar surface area (TPSA) is 12.0 Å². The zero-order valence-corrected chi connectivity index (χ0v) is 13.7. The number of halogens is 3. The third-order valence-electron chi connectivity index (χ3n) is 3.27. The van der Waals surface area contributed by atoms with Crippen molar-refractivity contribution in [3.63, 3.8) is 0 Å². The lowest BCUT2D eigenvalue weighted by atomic mass is 9.97. The highest BCUT2D eigenvalue weighted by Gasteiger charge is 2.17. The quantitative estimate of drug-likeness (QED) is 0.785. The summed E-state index contributed by atoms with van der Waals surface area (Å²) in [6, 6.07) is 9.39. The largest absolute Gasteiger partial charge is 0.306 e. The molecule has 1 nitrogen and oxygen atoms in total. The van der Waals surface area contributed by atoms with Crippen LogP contribution in [-0.2, 0) is 0 Å². The fourth-order valence-corrected chi connectivity index (χ4v) is 2.94. The molecule has 1 unspecified atom stereocenters. The Labute approximate surface area is 132 Å². The van der Waals surface area contributed by atoms with Crippen LogP contribution >= 0.6 is 15.9 Å². The molecule has 0 saturated carbocycles. The van der Waals surface area contributed by atoms with E-state index in [0.29, 0.717) is 4.47 Å². The monoisotopic (exact) mass is 353 g/mol. The highest BCUT2D eigenvalue weighted by Crippen LogP contribution is 2.30. The Morgan fingerprint density at radius 3 is 2.48 bits per heavy atom. The molecule has 0 aromatic heterocycles. The van der Waals surface area contributed by atoms with Crippen LogP contribution in [-0.4, -0.2) is 6.54 Å². The molecule has 0 radical (unpaired) electrons. The zero-order valence-electron chi connectivity index (χ0n) is 12.1. The van der Waals surface area contributed by atoms with Crippen molar-refractivity contribution in [1.82, 2.24) is 5.32 Å². The first-order valence-corrected chi connectivity index (χ1v) is 7.76. The lowest BCUT2D eigenvalue weighted by Gasteiger charge is -2.21. The van der Waals surface area contributed by atoms with Gasteiger partial charge < -0.3 is 5.32 Å². The van der Waals surface area contributed by atoms with Crippen LogP contribution < -0.4 is 5.32 Å². The standard InChI is InChI=1S/C17H18BrF2N/c1-3-6-21-17(12-7-11(2)8-14(20)9-12)15-5-4-13(19)10-16(15)18/h4-5,7-10,17,21H,3,6H2,1-2H3. The lowest BCUT2D eigenvalue weighted by molar-refractivity contribution is 0.579. The second-order valence-electron chi connectivity index (χ2n) is 5.11. The molecule has 112 valence electrons. The van der Waals surface area contributed by atoms with Crippen molar-refractivity contribution < 1.29 is 8.78 Å². The van der Waals surface area contributed by atoms with Crippen molar-refractivity contribution in [2.75, 3.05) is 6.54 Å². The average Bonchev–Trinajstić information content (AvgIpc) is 2.40. The smallest absolute Gasteiger partial charge is 0.124 e. The number of nitrogens with one attached hydrogen (secondary N) is 1. The summed E-state index contributed by atoms with van der Waals surface area (Å²) in [4.78, 5) is 0. The summed E-state index contributed by atoms with van der Waals surface area (Å²) >= 11 is 3.40. The molecule has 1 N–H and O–H groups in total. The molecule has 0 aliphatic rings. The van der Waals surface area contributed by atoms with Gasteiger partial charge in [0.1, 0.15) is 11.6 Å². The molecule has 0 spiro atoms. The van der Waals surface area contributed by atoms with E-state index in [9.17, 15) is 8.78 Å². The normalized spacial score (nSPS) is 12.4. The second-order valence-corrected chi connectivity index (χ2v) is 5.97. The summed E-state index contributed by atoms with van der Waals surface area (Å²) < 4.78 is 27.7. The van der Waals surface area contributed by atoms with Crippen LogP contribution in [0.3, 0.4) is 0 Å². The average molecular weight is 354 g/mol. The lowest BCUT2D eigenvalue weighted by Crippen LogP contribution is -2.23. The second kappa shape index (κ2) is 7.14. The third-order valence-corrected chi connectivity index (χ3v) is 3.96. The fourth-order valence-electron chi connectivity index (χ4n) is 2.36. The van der Waals surface area contributed by atoms with E-state index in [-0.39, 0.29) is 17.7 Å². The van der Waals surface area contributed by atoms with E-state index in [4.69, 9.17) is 0 Å². The molecular formula is C17H18BrF2N. The minimum atomic E-state index is -0.296. The maximum Gasteiger partial charge on any atom is 0.124 e. The SMILES string of the molecule is CCCNC(c1cc(C)cc(F)c1)c1ccc(F)cc1Br. The molecule has 0 fully saturated rings. The van der Waals surface area contributed by atoms with E-state index in [1.54, 1.807) is 6.07 Å². The van der Waals surface area contributed by atoms with Crippen LogP contribution in [0.2, 0.25) is 0 Å². The van der Waals surface area contributed by atoms with Gasteiger partial charge in [-0.1, -0.05) is 35.0 Å². The summed E-state index contributed by atoms with van der Waals surface area (Å²) in [5.41, 5.74) is 2.61. The number of hydrogen-bond donors (Lipinski definition) is 1. The van der Waals surface area contributed by atoms with Crippen molar-refractivity contribution in [2.45, 2.75) is 26.3 Å². The predicted molar refractivity (Wildman–Crippen MR) is 85.4 cm³/mol. The maximum absolute atomic E-state index is 13.7. The summed E-state index contributed by atoms with van der Waals surface area (Å²) in [5.74, 6) is -0.554. The van der Waals surface area contributed by atoms with Crippen LogP contribution in [0.1, 0.15) is 36.1 Å². The van der Waals surface area contributed by atoms with Crippen LogP contribution in [0, 0.1) is 18.6 Å². The van der Waals surface area contributed by atoms with E-state index in [1.165, 1.54) is 24.3 Å². The van der Waals surface area contributed by atoms with E-state index in [0.717, 1.165) is 29.7 Å². The van der Waals surface area contributed by atoms with Gasteiger partial charge in [-0.05, 0) is 60.8 Å². The van der Waals surface area contributed by atoms with Crippen molar-refractivity contribution in [1.29, 1.82) is 0 Å². The molecule has 0 amide bonds.